The molecule has 0 amide bonds. The highest BCUT2D eigenvalue weighted by Gasteiger charge is 2.68. The predicted octanol–water partition coefficient (Wildman–Crippen LogP) is 12.6. The van der Waals surface area contributed by atoms with Crippen LogP contribution in [-0.4, -0.2) is 91.1 Å². The zero-order chi connectivity index (χ0) is 45.7. The first-order valence-electron chi connectivity index (χ1n) is 23.1. The van der Waals surface area contributed by atoms with E-state index in [0.29, 0.717) is 32.8 Å². The molecule has 0 saturated carbocycles. The lowest BCUT2D eigenvalue weighted by molar-refractivity contribution is -0.363. The molecule has 11 heteroatoms. The fourth-order valence-corrected chi connectivity index (χ4v) is 12.0. The van der Waals surface area contributed by atoms with Gasteiger partial charge >= 0.3 is 0 Å². The van der Waals surface area contributed by atoms with Gasteiger partial charge in [-0.3, -0.25) is 0 Å². The van der Waals surface area contributed by atoms with Gasteiger partial charge in [0.15, 0.2) is 25.0 Å². The molecular weight excluding hydrogens is 813 g/mol. The van der Waals surface area contributed by atoms with Crippen molar-refractivity contribution in [2.24, 2.45) is 0 Å². The van der Waals surface area contributed by atoms with Gasteiger partial charge in [-0.2, -0.15) is 0 Å². The summed E-state index contributed by atoms with van der Waals surface area (Å²) in [6, 6.07) is 20.7. The lowest BCUT2D eigenvalue weighted by Gasteiger charge is -2.64. The van der Waals surface area contributed by atoms with E-state index in [2.05, 4.69) is 178 Å². The van der Waals surface area contributed by atoms with E-state index < -0.39 is 59.6 Å². The Morgan fingerprint density at radius 1 is 0.607 bits per heavy atom. The third kappa shape index (κ3) is 11.1. The van der Waals surface area contributed by atoms with Gasteiger partial charge in [-0.15, -0.1) is 0 Å². The summed E-state index contributed by atoms with van der Waals surface area (Å²) in [5, 5.41) is -0.0718. The van der Waals surface area contributed by atoms with Crippen molar-refractivity contribution < 1.29 is 37.0 Å². The van der Waals surface area contributed by atoms with Crippen LogP contribution in [0.15, 0.2) is 60.7 Å². The Kier molecular flexibility index (Phi) is 14.9. The molecule has 0 aromatic heterocycles. The number of hydrogen-bond donors (Lipinski definition) is 0. The van der Waals surface area contributed by atoms with E-state index in [9.17, 15) is 0 Å². The maximum atomic E-state index is 7.77. The Morgan fingerprint density at radius 3 is 1.61 bits per heavy atom. The topological polar surface area (TPSA) is 73.8 Å². The molecule has 0 radical (unpaired) electrons. The Bertz CT molecular complexity index is 1740. The summed E-state index contributed by atoms with van der Waals surface area (Å²) in [4.78, 5) is 0. The molecule has 8 nitrogen and oxygen atoms in total. The number of rotatable bonds is 14. The average Bonchev–Trinajstić information content (AvgIpc) is 3.24. The molecule has 2 aromatic rings. The first-order chi connectivity index (χ1) is 27.8. The molecule has 0 bridgehead atoms. The number of hydrogen-bond acceptors (Lipinski definition) is 8. The maximum Gasteiger partial charge on any atom is 0.192 e. The third-order valence-electron chi connectivity index (χ3n) is 15.9. The van der Waals surface area contributed by atoms with Crippen molar-refractivity contribution >= 4 is 25.0 Å². The molecule has 0 N–H and O–H groups in total. The number of benzene rings is 2. The van der Waals surface area contributed by atoms with E-state index >= 15 is 0 Å². The normalized spacial score (nSPS) is 33.1. The van der Waals surface area contributed by atoms with Crippen LogP contribution in [0.5, 0.6) is 0 Å². The van der Waals surface area contributed by atoms with Crippen molar-refractivity contribution in [3.8, 4) is 0 Å². The molecule has 3 aliphatic rings. The molecule has 346 valence electrons. The van der Waals surface area contributed by atoms with Crippen LogP contribution in [0, 0.1) is 0 Å². The molecule has 3 heterocycles. The van der Waals surface area contributed by atoms with Crippen molar-refractivity contribution in [1.82, 2.24) is 0 Å². The van der Waals surface area contributed by atoms with Crippen molar-refractivity contribution in [3.05, 3.63) is 71.8 Å². The van der Waals surface area contributed by atoms with Crippen molar-refractivity contribution in [2.45, 2.75) is 230 Å². The molecular formula is C50H86O8Si3. The second kappa shape index (κ2) is 17.9. The fraction of sp³-hybridized carbons (Fsp3) is 0.760. The van der Waals surface area contributed by atoms with Crippen LogP contribution in [0.4, 0.5) is 0 Å². The standard InChI is InChI=1S/C50H86O8Si3/c1-44(2,3)59(14,15)53-36-49(12)42(57-60(16,17)45(4,5)6)43(58-61(18,19)46(7,8)9)50(13)40(54-49)32-48(11)39(56-50)30-31-47(10,52-34-38-28-24-21-25-29-38)41(55-48)35-51-33-37-26-22-20-23-27-37/h20-29,39-43H,30-36H2,1-19H3/t39-,40-,41-,42-,43+,47+,48+,49+,50-/m1/s1. The summed E-state index contributed by atoms with van der Waals surface area (Å²) in [7, 11) is -7.03. The summed E-state index contributed by atoms with van der Waals surface area (Å²) >= 11 is 0. The molecule has 0 unspecified atom stereocenters. The van der Waals surface area contributed by atoms with E-state index in [4.69, 9.17) is 37.0 Å². The van der Waals surface area contributed by atoms with Crippen LogP contribution in [0.25, 0.3) is 0 Å². The van der Waals surface area contributed by atoms with Crippen LogP contribution in [-0.2, 0) is 50.2 Å². The van der Waals surface area contributed by atoms with Gasteiger partial charge in [0, 0.05) is 6.42 Å². The third-order valence-corrected chi connectivity index (χ3v) is 29.3. The van der Waals surface area contributed by atoms with E-state index in [0.717, 1.165) is 24.0 Å². The first-order valence-corrected chi connectivity index (χ1v) is 31.8. The largest absolute Gasteiger partial charge is 0.414 e. The maximum absolute atomic E-state index is 7.77. The highest BCUT2D eigenvalue weighted by Crippen LogP contribution is 2.55. The van der Waals surface area contributed by atoms with E-state index in [1.807, 2.05) is 12.1 Å². The van der Waals surface area contributed by atoms with Crippen LogP contribution in [0.3, 0.4) is 0 Å². The Morgan fingerprint density at radius 2 is 1.10 bits per heavy atom. The van der Waals surface area contributed by atoms with Gasteiger partial charge in [0.05, 0.1) is 49.8 Å². The highest BCUT2D eigenvalue weighted by molar-refractivity contribution is 6.75. The van der Waals surface area contributed by atoms with Crippen molar-refractivity contribution in [2.75, 3.05) is 13.2 Å². The lowest BCUT2D eigenvalue weighted by atomic mass is 9.71. The summed E-state index contributed by atoms with van der Waals surface area (Å²) < 4.78 is 58.9. The van der Waals surface area contributed by atoms with Crippen molar-refractivity contribution in [1.29, 1.82) is 0 Å². The van der Waals surface area contributed by atoms with E-state index in [-0.39, 0.29) is 33.4 Å². The monoisotopic (exact) mass is 899 g/mol. The van der Waals surface area contributed by atoms with Gasteiger partial charge < -0.3 is 37.0 Å². The molecule has 3 fully saturated rings. The second-order valence-corrected chi connectivity index (χ2v) is 38.4. The zero-order valence-corrected chi connectivity index (χ0v) is 44.9. The SMILES string of the molecule is CC(C)(C)[Si](C)(C)OC[C@]1(C)O[C@@H]2C[C@]3(C)O[C@H](COCc4ccccc4)[C@@](C)(OCc4ccccc4)CC[C@H]3O[C@@]2(C)[C@@H](O[Si](C)(C)C(C)(C)C)[C@H]1O[Si](C)(C)C(C)(C)C. The van der Waals surface area contributed by atoms with Gasteiger partial charge in [0.25, 0.3) is 0 Å². The second-order valence-electron chi connectivity index (χ2n) is 24.1. The molecule has 61 heavy (non-hydrogen) atoms. The summed E-state index contributed by atoms with van der Waals surface area (Å²) in [5.74, 6) is 0. The zero-order valence-electron chi connectivity index (χ0n) is 41.9. The fourth-order valence-electron chi connectivity index (χ4n) is 8.21. The number of fused-ring (bicyclic) bond motifs is 2. The molecule has 9 atom stereocenters. The quantitative estimate of drug-likeness (QED) is 0.174. The van der Waals surface area contributed by atoms with Gasteiger partial charge in [-0.1, -0.05) is 123 Å². The minimum Gasteiger partial charge on any atom is -0.414 e. The highest BCUT2D eigenvalue weighted by atomic mass is 28.4. The lowest BCUT2D eigenvalue weighted by Crippen LogP contribution is -2.78. The minimum absolute atomic E-state index is 0.0228. The van der Waals surface area contributed by atoms with Gasteiger partial charge in [0.1, 0.15) is 29.5 Å². The molecule has 5 rings (SSSR count). The molecule has 3 aliphatic heterocycles. The summed E-state index contributed by atoms with van der Waals surface area (Å²) in [5.41, 5.74) is -0.806. The molecule has 0 spiro atoms. The Labute approximate surface area is 375 Å². The summed E-state index contributed by atoms with van der Waals surface area (Å²) in [6.45, 7) is 45.4. The smallest absolute Gasteiger partial charge is 0.192 e. The predicted molar refractivity (Wildman–Crippen MR) is 257 cm³/mol. The first kappa shape index (κ1) is 50.8. The van der Waals surface area contributed by atoms with Gasteiger partial charge in [0.2, 0.25) is 0 Å². The van der Waals surface area contributed by atoms with Crippen LogP contribution in [0.2, 0.25) is 54.4 Å². The molecule has 0 aliphatic carbocycles. The van der Waals surface area contributed by atoms with E-state index in [1.54, 1.807) is 0 Å². The van der Waals surface area contributed by atoms with Gasteiger partial charge in [-0.25, -0.2) is 0 Å². The van der Waals surface area contributed by atoms with Gasteiger partial charge in [-0.05, 0) is 106 Å². The molecule has 3 saturated heterocycles. The minimum atomic E-state index is -2.42. The van der Waals surface area contributed by atoms with Crippen LogP contribution >= 0.6 is 0 Å². The average molecular weight is 899 g/mol. The number of ether oxygens (including phenoxy) is 5. The summed E-state index contributed by atoms with van der Waals surface area (Å²) in [6.07, 6.45) is 0.212. The van der Waals surface area contributed by atoms with Crippen molar-refractivity contribution in [3.63, 3.8) is 0 Å². The van der Waals surface area contributed by atoms with Crippen LogP contribution in [0.1, 0.15) is 120 Å². The Hall–Kier alpha value is -1.23. The Balaban J connectivity index is 1.59. The van der Waals surface area contributed by atoms with Crippen LogP contribution < -0.4 is 0 Å². The van der Waals surface area contributed by atoms with E-state index in [1.165, 1.54) is 0 Å². The molecule has 2 aromatic carbocycles.